The molecule has 0 aliphatic heterocycles. The van der Waals surface area contributed by atoms with Gasteiger partial charge in [0, 0.05) is 12.1 Å². The second-order valence-corrected chi connectivity index (χ2v) is 7.35. The van der Waals surface area contributed by atoms with Gasteiger partial charge in [0.1, 0.15) is 0 Å². The third kappa shape index (κ3) is 6.12. The van der Waals surface area contributed by atoms with E-state index in [2.05, 4.69) is 10.6 Å². The van der Waals surface area contributed by atoms with Gasteiger partial charge in [-0.1, -0.05) is 44.5 Å². The molecule has 2 aromatic carbocycles. The van der Waals surface area contributed by atoms with Gasteiger partial charge in [-0.2, -0.15) is 0 Å². The first-order chi connectivity index (χ1) is 13.9. The molecule has 29 heavy (non-hydrogen) atoms. The molecule has 7 heteroatoms. The van der Waals surface area contributed by atoms with Crippen molar-refractivity contribution in [2.75, 3.05) is 25.6 Å². The summed E-state index contributed by atoms with van der Waals surface area (Å²) in [6, 6.07) is 9.93. The average Bonchev–Trinajstić information content (AvgIpc) is 2.70. The minimum absolute atomic E-state index is 0.242. The third-order valence-electron chi connectivity index (χ3n) is 4.03. The molecule has 6 nitrogen and oxygen atoms in total. The molecule has 0 saturated heterocycles. The first-order valence-electron chi connectivity index (χ1n) is 9.56. The van der Waals surface area contributed by atoms with Gasteiger partial charge in [-0.25, -0.2) is 0 Å². The summed E-state index contributed by atoms with van der Waals surface area (Å²) in [5.41, 5.74) is 1.11. The Hall–Kier alpha value is -2.73. The highest BCUT2D eigenvalue weighted by atomic mass is 35.5. The van der Waals surface area contributed by atoms with E-state index in [1.54, 1.807) is 30.3 Å². The molecule has 0 saturated carbocycles. The maximum atomic E-state index is 12.8. The van der Waals surface area contributed by atoms with E-state index in [0.29, 0.717) is 47.4 Å². The third-order valence-corrected chi connectivity index (χ3v) is 4.31. The van der Waals surface area contributed by atoms with E-state index in [-0.39, 0.29) is 10.9 Å². The number of rotatable bonds is 9. The number of halogens is 1. The molecular formula is C22H27ClN2O4. The fraction of sp³-hybridized carbons (Fsp3) is 0.364. The smallest absolute Gasteiger partial charge is 0.255 e. The number of amides is 2. The Morgan fingerprint density at radius 2 is 1.86 bits per heavy atom. The van der Waals surface area contributed by atoms with Crippen LogP contribution in [-0.4, -0.2) is 32.1 Å². The standard InChI is InChI=1S/C22H27ClN2O4/c1-5-10-29-20-17(23)11-15(12-19(20)28-4)21(26)25-18-9-7-6-8-16(18)22(27)24-13-14(2)3/h6-9,11-12,14H,5,10,13H2,1-4H3,(H,24,27)(H,25,26). The lowest BCUT2D eigenvalue weighted by atomic mass is 10.1. The second kappa shape index (κ2) is 10.7. The lowest BCUT2D eigenvalue weighted by Gasteiger charge is -2.15. The Morgan fingerprint density at radius 3 is 2.52 bits per heavy atom. The molecule has 2 aromatic rings. The highest BCUT2D eigenvalue weighted by molar-refractivity contribution is 6.32. The Morgan fingerprint density at radius 1 is 1.14 bits per heavy atom. The zero-order valence-electron chi connectivity index (χ0n) is 17.2. The quantitative estimate of drug-likeness (QED) is 0.614. The molecule has 0 atom stereocenters. The number of hydrogen-bond acceptors (Lipinski definition) is 4. The van der Waals surface area contributed by atoms with Gasteiger partial charge in [0.2, 0.25) is 0 Å². The molecule has 2 amide bonds. The number of hydrogen-bond donors (Lipinski definition) is 2. The number of carbonyl (C=O) groups is 2. The van der Waals surface area contributed by atoms with E-state index >= 15 is 0 Å². The molecule has 156 valence electrons. The molecule has 0 heterocycles. The minimum Gasteiger partial charge on any atom is -0.493 e. The molecule has 2 N–H and O–H groups in total. The number of para-hydroxylation sites is 1. The van der Waals surface area contributed by atoms with Gasteiger partial charge in [0.05, 0.1) is 30.0 Å². The molecule has 2 rings (SSSR count). The van der Waals surface area contributed by atoms with E-state index in [0.717, 1.165) is 6.42 Å². The zero-order valence-corrected chi connectivity index (χ0v) is 17.9. The zero-order chi connectivity index (χ0) is 21.4. The van der Waals surface area contributed by atoms with Gasteiger partial charge in [-0.15, -0.1) is 0 Å². The molecule has 0 aliphatic carbocycles. The monoisotopic (exact) mass is 418 g/mol. The van der Waals surface area contributed by atoms with Crippen molar-refractivity contribution in [3.8, 4) is 11.5 Å². The molecular weight excluding hydrogens is 392 g/mol. The van der Waals surface area contributed by atoms with Crippen LogP contribution in [0, 0.1) is 5.92 Å². The molecule has 0 bridgehead atoms. The van der Waals surface area contributed by atoms with Crippen molar-refractivity contribution < 1.29 is 19.1 Å². The maximum absolute atomic E-state index is 12.8. The molecule has 0 fully saturated rings. The van der Waals surface area contributed by atoms with Crippen molar-refractivity contribution in [3.05, 3.63) is 52.5 Å². The van der Waals surface area contributed by atoms with Gasteiger partial charge in [0.25, 0.3) is 11.8 Å². The van der Waals surface area contributed by atoms with Crippen LogP contribution in [0.3, 0.4) is 0 Å². The normalized spacial score (nSPS) is 10.6. The summed E-state index contributed by atoms with van der Waals surface area (Å²) >= 11 is 6.30. The predicted octanol–water partition coefficient (Wildman–Crippen LogP) is 4.78. The van der Waals surface area contributed by atoms with Crippen molar-refractivity contribution in [1.82, 2.24) is 5.32 Å². The van der Waals surface area contributed by atoms with Crippen molar-refractivity contribution in [2.45, 2.75) is 27.2 Å². The SMILES string of the molecule is CCCOc1c(Cl)cc(C(=O)Nc2ccccc2C(=O)NCC(C)C)cc1OC. The van der Waals surface area contributed by atoms with Gasteiger partial charge >= 0.3 is 0 Å². The fourth-order valence-electron chi connectivity index (χ4n) is 2.57. The molecule has 0 spiro atoms. The van der Waals surface area contributed by atoms with Gasteiger partial charge in [0.15, 0.2) is 11.5 Å². The number of ether oxygens (including phenoxy) is 2. The first-order valence-corrected chi connectivity index (χ1v) is 9.94. The number of benzene rings is 2. The number of nitrogens with one attached hydrogen (secondary N) is 2. The Balaban J connectivity index is 2.25. The highest BCUT2D eigenvalue weighted by Crippen LogP contribution is 2.36. The van der Waals surface area contributed by atoms with Crippen molar-refractivity contribution in [3.63, 3.8) is 0 Å². The van der Waals surface area contributed by atoms with Crippen LogP contribution in [0.15, 0.2) is 36.4 Å². The van der Waals surface area contributed by atoms with Gasteiger partial charge < -0.3 is 20.1 Å². The van der Waals surface area contributed by atoms with E-state index in [4.69, 9.17) is 21.1 Å². The van der Waals surface area contributed by atoms with Gasteiger partial charge in [-0.05, 0) is 36.6 Å². The average molecular weight is 419 g/mol. The summed E-state index contributed by atoms with van der Waals surface area (Å²) in [7, 11) is 1.49. The van der Waals surface area contributed by atoms with Crippen LogP contribution >= 0.6 is 11.6 Å². The number of anilines is 1. The second-order valence-electron chi connectivity index (χ2n) is 6.94. The summed E-state index contributed by atoms with van der Waals surface area (Å²) in [4.78, 5) is 25.3. The lowest BCUT2D eigenvalue weighted by Crippen LogP contribution is -2.28. The van der Waals surface area contributed by atoms with Crippen LogP contribution in [0.25, 0.3) is 0 Å². The van der Waals surface area contributed by atoms with E-state index < -0.39 is 5.91 Å². The Kier molecular flexibility index (Phi) is 8.34. The van der Waals surface area contributed by atoms with Crippen LogP contribution in [0.1, 0.15) is 47.9 Å². The maximum Gasteiger partial charge on any atom is 0.255 e. The fourth-order valence-corrected chi connectivity index (χ4v) is 2.84. The summed E-state index contributed by atoms with van der Waals surface area (Å²) < 4.78 is 10.9. The molecule has 0 aliphatic rings. The van der Waals surface area contributed by atoms with Crippen LogP contribution in [0.2, 0.25) is 5.02 Å². The van der Waals surface area contributed by atoms with E-state index in [1.165, 1.54) is 13.2 Å². The number of methoxy groups -OCH3 is 1. The summed E-state index contributed by atoms with van der Waals surface area (Å²) in [5, 5.41) is 5.92. The van der Waals surface area contributed by atoms with Crippen molar-refractivity contribution in [2.24, 2.45) is 5.92 Å². The van der Waals surface area contributed by atoms with Crippen molar-refractivity contribution >= 4 is 29.1 Å². The first kappa shape index (κ1) is 22.6. The number of carbonyl (C=O) groups excluding carboxylic acids is 2. The Labute approximate surface area is 176 Å². The summed E-state index contributed by atoms with van der Waals surface area (Å²) in [5.74, 6) is 0.453. The Bertz CT molecular complexity index is 868. The molecule has 0 unspecified atom stereocenters. The molecule has 0 radical (unpaired) electrons. The molecule has 0 aromatic heterocycles. The van der Waals surface area contributed by atoms with Crippen LogP contribution < -0.4 is 20.1 Å². The van der Waals surface area contributed by atoms with E-state index in [9.17, 15) is 9.59 Å². The van der Waals surface area contributed by atoms with Gasteiger partial charge in [-0.3, -0.25) is 9.59 Å². The predicted molar refractivity (Wildman–Crippen MR) is 115 cm³/mol. The summed E-state index contributed by atoms with van der Waals surface area (Å²) in [6.45, 7) is 7.04. The van der Waals surface area contributed by atoms with Crippen LogP contribution in [0.5, 0.6) is 11.5 Å². The topological polar surface area (TPSA) is 76.7 Å². The highest BCUT2D eigenvalue weighted by Gasteiger charge is 2.18. The van der Waals surface area contributed by atoms with E-state index in [1.807, 2.05) is 20.8 Å². The summed E-state index contributed by atoms with van der Waals surface area (Å²) in [6.07, 6.45) is 0.817. The lowest BCUT2D eigenvalue weighted by molar-refractivity contribution is 0.0950. The minimum atomic E-state index is -0.406. The van der Waals surface area contributed by atoms with Crippen molar-refractivity contribution in [1.29, 1.82) is 0 Å². The van der Waals surface area contributed by atoms with Crippen LogP contribution in [0.4, 0.5) is 5.69 Å². The van der Waals surface area contributed by atoms with Crippen LogP contribution in [-0.2, 0) is 0 Å². The largest absolute Gasteiger partial charge is 0.493 e.